The smallest absolute Gasteiger partial charge is 0.260 e. The van der Waals surface area contributed by atoms with Gasteiger partial charge >= 0.3 is 0 Å². The monoisotopic (exact) mass is 278 g/mol. The predicted molar refractivity (Wildman–Crippen MR) is 77.6 cm³/mol. The summed E-state index contributed by atoms with van der Waals surface area (Å²) in [5.41, 5.74) is 6.04. The van der Waals surface area contributed by atoms with E-state index in [1.165, 1.54) is 0 Å². The van der Waals surface area contributed by atoms with Gasteiger partial charge in [0, 0.05) is 25.9 Å². The van der Waals surface area contributed by atoms with E-state index in [1.54, 1.807) is 31.4 Å². The third kappa shape index (κ3) is 3.63. The summed E-state index contributed by atoms with van der Waals surface area (Å²) in [5, 5.41) is 0. The molecule has 2 rings (SSSR count). The molecule has 20 heavy (non-hydrogen) atoms. The van der Waals surface area contributed by atoms with Crippen LogP contribution in [0.15, 0.2) is 24.3 Å². The Balaban J connectivity index is 1.87. The summed E-state index contributed by atoms with van der Waals surface area (Å²) in [6.07, 6.45) is 1.93. The fourth-order valence-electron chi connectivity index (χ4n) is 2.39. The molecule has 5 nitrogen and oxygen atoms in total. The van der Waals surface area contributed by atoms with Crippen LogP contribution < -0.4 is 10.5 Å². The standard InChI is InChI=1S/C15H22N2O3/c1-15(19-2)8-3-9-17(11-15)14(18)10-20-13-6-4-12(16)5-7-13/h4-7H,3,8-11,16H2,1-2H3. The van der Waals surface area contributed by atoms with Gasteiger partial charge in [-0.25, -0.2) is 0 Å². The summed E-state index contributed by atoms with van der Waals surface area (Å²) in [4.78, 5) is 14.0. The van der Waals surface area contributed by atoms with Crippen molar-refractivity contribution in [3.63, 3.8) is 0 Å². The zero-order valence-electron chi connectivity index (χ0n) is 12.1. The molecule has 0 bridgehead atoms. The molecule has 0 aliphatic carbocycles. The largest absolute Gasteiger partial charge is 0.484 e. The molecule has 1 aromatic carbocycles. The van der Waals surface area contributed by atoms with E-state index in [0.717, 1.165) is 19.4 Å². The number of anilines is 1. The molecule has 0 aromatic heterocycles. The normalized spacial score (nSPS) is 22.6. The first kappa shape index (κ1) is 14.7. The van der Waals surface area contributed by atoms with E-state index in [4.69, 9.17) is 15.2 Å². The Morgan fingerprint density at radius 2 is 2.10 bits per heavy atom. The van der Waals surface area contributed by atoms with Crippen LogP contribution in [0.3, 0.4) is 0 Å². The fourth-order valence-corrected chi connectivity index (χ4v) is 2.39. The van der Waals surface area contributed by atoms with Crippen LogP contribution in [0.5, 0.6) is 5.75 Å². The Bertz CT molecular complexity index is 461. The number of nitrogens with zero attached hydrogens (tertiary/aromatic N) is 1. The molecule has 1 unspecified atom stereocenters. The molecule has 110 valence electrons. The van der Waals surface area contributed by atoms with Crippen LogP contribution in [-0.2, 0) is 9.53 Å². The minimum Gasteiger partial charge on any atom is -0.484 e. The maximum absolute atomic E-state index is 12.2. The van der Waals surface area contributed by atoms with Gasteiger partial charge in [-0.3, -0.25) is 4.79 Å². The lowest BCUT2D eigenvalue weighted by Crippen LogP contribution is -2.50. The van der Waals surface area contributed by atoms with Gasteiger partial charge in [0.05, 0.1) is 5.60 Å². The van der Waals surface area contributed by atoms with Crippen molar-refractivity contribution in [2.45, 2.75) is 25.4 Å². The van der Waals surface area contributed by atoms with E-state index in [0.29, 0.717) is 18.0 Å². The summed E-state index contributed by atoms with van der Waals surface area (Å²) in [7, 11) is 1.69. The minimum atomic E-state index is -0.241. The molecule has 1 atom stereocenters. The van der Waals surface area contributed by atoms with Crippen molar-refractivity contribution >= 4 is 11.6 Å². The molecular weight excluding hydrogens is 256 g/mol. The number of amides is 1. The Labute approximate surface area is 119 Å². The maximum atomic E-state index is 12.2. The van der Waals surface area contributed by atoms with Crippen LogP contribution in [-0.4, -0.2) is 43.2 Å². The molecule has 1 aliphatic rings. The lowest BCUT2D eigenvalue weighted by atomic mass is 9.95. The molecule has 1 heterocycles. The number of ether oxygens (including phenoxy) is 2. The van der Waals surface area contributed by atoms with Gasteiger partial charge in [0.15, 0.2) is 6.61 Å². The lowest BCUT2D eigenvalue weighted by molar-refractivity contribution is -0.141. The molecular formula is C15H22N2O3. The topological polar surface area (TPSA) is 64.8 Å². The Morgan fingerprint density at radius 3 is 2.75 bits per heavy atom. The second-order valence-corrected chi connectivity index (χ2v) is 5.43. The summed E-state index contributed by atoms with van der Waals surface area (Å²) < 4.78 is 11.0. The number of carbonyl (C=O) groups excluding carboxylic acids is 1. The first-order valence-corrected chi connectivity index (χ1v) is 6.84. The number of nitrogens with two attached hydrogens (primary N) is 1. The molecule has 5 heteroatoms. The van der Waals surface area contributed by atoms with Crippen LogP contribution >= 0.6 is 0 Å². The molecule has 1 fully saturated rings. The molecule has 1 saturated heterocycles. The fraction of sp³-hybridized carbons (Fsp3) is 0.533. The molecule has 1 aliphatic heterocycles. The summed E-state index contributed by atoms with van der Waals surface area (Å²) in [6, 6.07) is 7.03. The van der Waals surface area contributed by atoms with Crippen LogP contribution in [0.1, 0.15) is 19.8 Å². The minimum absolute atomic E-state index is 0.00944. The summed E-state index contributed by atoms with van der Waals surface area (Å²) in [5.74, 6) is 0.642. The molecule has 0 saturated carbocycles. The average Bonchev–Trinajstić information content (AvgIpc) is 2.46. The average molecular weight is 278 g/mol. The van der Waals surface area contributed by atoms with Crippen LogP contribution in [0.25, 0.3) is 0 Å². The SMILES string of the molecule is COC1(C)CCCN(C(=O)COc2ccc(N)cc2)C1. The van der Waals surface area contributed by atoms with Crippen molar-refractivity contribution in [1.29, 1.82) is 0 Å². The van der Waals surface area contributed by atoms with Gasteiger partial charge in [0.2, 0.25) is 0 Å². The molecule has 0 spiro atoms. The Hall–Kier alpha value is -1.75. The van der Waals surface area contributed by atoms with Gasteiger partial charge in [0.25, 0.3) is 5.91 Å². The third-order valence-corrected chi connectivity index (χ3v) is 3.75. The van der Waals surface area contributed by atoms with Crippen molar-refractivity contribution < 1.29 is 14.3 Å². The summed E-state index contributed by atoms with van der Waals surface area (Å²) in [6.45, 7) is 3.47. The quantitative estimate of drug-likeness (QED) is 0.851. The third-order valence-electron chi connectivity index (χ3n) is 3.75. The molecule has 2 N–H and O–H groups in total. The van der Waals surface area contributed by atoms with E-state index in [-0.39, 0.29) is 18.1 Å². The van der Waals surface area contributed by atoms with E-state index in [1.807, 2.05) is 11.8 Å². The predicted octanol–water partition coefficient (Wildman–Crippen LogP) is 1.68. The second-order valence-electron chi connectivity index (χ2n) is 5.43. The number of piperidine rings is 1. The van der Waals surface area contributed by atoms with Gasteiger partial charge < -0.3 is 20.1 Å². The number of hydrogen-bond donors (Lipinski definition) is 1. The van der Waals surface area contributed by atoms with Crippen LogP contribution in [0.4, 0.5) is 5.69 Å². The maximum Gasteiger partial charge on any atom is 0.260 e. The van der Waals surface area contributed by atoms with Gasteiger partial charge in [-0.2, -0.15) is 0 Å². The van der Waals surface area contributed by atoms with E-state index >= 15 is 0 Å². The highest BCUT2D eigenvalue weighted by molar-refractivity contribution is 5.78. The zero-order chi connectivity index (χ0) is 14.6. The van der Waals surface area contributed by atoms with Crippen molar-refractivity contribution in [1.82, 2.24) is 4.90 Å². The Kier molecular flexibility index (Phi) is 4.49. The number of likely N-dealkylation sites (tertiary alicyclic amines) is 1. The highest BCUT2D eigenvalue weighted by atomic mass is 16.5. The molecule has 0 radical (unpaired) electrons. The highest BCUT2D eigenvalue weighted by Crippen LogP contribution is 2.24. The van der Waals surface area contributed by atoms with Gasteiger partial charge in [-0.15, -0.1) is 0 Å². The number of benzene rings is 1. The van der Waals surface area contributed by atoms with Gasteiger partial charge in [0.1, 0.15) is 5.75 Å². The van der Waals surface area contributed by atoms with Crippen LogP contribution in [0.2, 0.25) is 0 Å². The zero-order valence-corrected chi connectivity index (χ0v) is 12.1. The highest BCUT2D eigenvalue weighted by Gasteiger charge is 2.32. The first-order valence-electron chi connectivity index (χ1n) is 6.84. The first-order chi connectivity index (χ1) is 9.52. The summed E-state index contributed by atoms with van der Waals surface area (Å²) >= 11 is 0. The number of nitrogen functional groups attached to an aromatic ring is 1. The number of hydrogen-bond acceptors (Lipinski definition) is 4. The lowest BCUT2D eigenvalue weighted by Gasteiger charge is -2.39. The number of methoxy groups -OCH3 is 1. The van der Waals surface area contributed by atoms with E-state index in [2.05, 4.69) is 0 Å². The molecule has 1 aromatic rings. The van der Waals surface area contributed by atoms with Crippen molar-refractivity contribution in [3.05, 3.63) is 24.3 Å². The molecule has 1 amide bonds. The van der Waals surface area contributed by atoms with Crippen LogP contribution in [0, 0.1) is 0 Å². The van der Waals surface area contributed by atoms with Crippen molar-refractivity contribution in [2.75, 3.05) is 32.5 Å². The Morgan fingerprint density at radius 1 is 1.40 bits per heavy atom. The van der Waals surface area contributed by atoms with Crippen molar-refractivity contribution in [2.24, 2.45) is 0 Å². The van der Waals surface area contributed by atoms with E-state index in [9.17, 15) is 4.79 Å². The van der Waals surface area contributed by atoms with Crippen molar-refractivity contribution in [3.8, 4) is 5.75 Å². The van der Waals surface area contributed by atoms with E-state index < -0.39 is 0 Å². The van der Waals surface area contributed by atoms with Gasteiger partial charge in [-0.05, 0) is 44.0 Å². The number of rotatable bonds is 4. The number of carbonyl (C=O) groups is 1. The van der Waals surface area contributed by atoms with Gasteiger partial charge in [-0.1, -0.05) is 0 Å². The second kappa shape index (κ2) is 6.13.